The quantitative estimate of drug-likeness (QED) is 0.556. The van der Waals surface area contributed by atoms with E-state index in [2.05, 4.69) is 9.47 Å². The second-order valence-electron chi connectivity index (χ2n) is 3.65. The lowest BCUT2D eigenvalue weighted by Gasteiger charge is -2.16. The average molecular weight is 261 g/mol. The van der Waals surface area contributed by atoms with Gasteiger partial charge in [-0.3, -0.25) is 14.4 Å². The second kappa shape index (κ2) is 7.25. The van der Waals surface area contributed by atoms with Gasteiger partial charge in [0.05, 0.1) is 5.92 Å². The van der Waals surface area contributed by atoms with Crippen LogP contribution < -0.4 is 0 Å². The summed E-state index contributed by atoms with van der Waals surface area (Å²) in [7, 11) is 0. The van der Waals surface area contributed by atoms with Crippen molar-refractivity contribution in [2.45, 2.75) is 20.8 Å². The molecule has 0 bridgehead atoms. The van der Waals surface area contributed by atoms with E-state index in [0.717, 1.165) is 6.92 Å². The highest BCUT2D eigenvalue weighted by atomic mass is 16.7. The maximum atomic E-state index is 11.3. The number of imide groups is 1. The molecule has 8 heteroatoms. The summed E-state index contributed by atoms with van der Waals surface area (Å²) in [5, 5.41) is 8.48. The molecule has 18 heavy (non-hydrogen) atoms. The molecule has 0 rings (SSSR count). The third-order valence-electron chi connectivity index (χ3n) is 1.75. The van der Waals surface area contributed by atoms with Gasteiger partial charge in [0.1, 0.15) is 6.54 Å². The van der Waals surface area contributed by atoms with Gasteiger partial charge in [0.25, 0.3) is 0 Å². The van der Waals surface area contributed by atoms with Crippen LogP contribution in [0.1, 0.15) is 20.8 Å². The summed E-state index contributed by atoms with van der Waals surface area (Å²) in [4.78, 5) is 44.1. The first-order valence-corrected chi connectivity index (χ1v) is 5.09. The highest BCUT2D eigenvalue weighted by Crippen LogP contribution is 1.99. The van der Waals surface area contributed by atoms with Crippen LogP contribution in [0.25, 0.3) is 0 Å². The number of carbonyl (C=O) groups excluding carboxylic acids is 3. The van der Waals surface area contributed by atoms with Gasteiger partial charge in [0.2, 0.25) is 12.7 Å². The van der Waals surface area contributed by atoms with Crippen LogP contribution in [0.3, 0.4) is 0 Å². The van der Waals surface area contributed by atoms with E-state index in [9.17, 15) is 19.2 Å². The van der Waals surface area contributed by atoms with Crippen molar-refractivity contribution in [2.75, 3.05) is 13.3 Å². The largest absolute Gasteiger partial charge is 0.480 e. The van der Waals surface area contributed by atoms with Crippen LogP contribution in [-0.2, 0) is 23.9 Å². The topological polar surface area (TPSA) is 110 Å². The van der Waals surface area contributed by atoms with Crippen molar-refractivity contribution < 1.29 is 33.8 Å². The smallest absolute Gasteiger partial charge is 0.419 e. The first kappa shape index (κ1) is 15.9. The Morgan fingerprint density at radius 2 is 1.72 bits per heavy atom. The van der Waals surface area contributed by atoms with Gasteiger partial charge in [-0.15, -0.1) is 0 Å². The molecular weight excluding hydrogens is 246 g/mol. The van der Waals surface area contributed by atoms with E-state index in [1.54, 1.807) is 13.8 Å². The number of carbonyl (C=O) groups is 4. The predicted molar refractivity (Wildman–Crippen MR) is 57.3 cm³/mol. The molecule has 0 fully saturated rings. The van der Waals surface area contributed by atoms with Crippen molar-refractivity contribution >= 4 is 23.9 Å². The molecule has 0 atom stereocenters. The molecule has 0 aliphatic rings. The Hall–Kier alpha value is -2.12. The minimum Gasteiger partial charge on any atom is -0.480 e. The van der Waals surface area contributed by atoms with Gasteiger partial charge in [-0.05, 0) is 0 Å². The minimum atomic E-state index is -1.36. The molecule has 0 spiro atoms. The predicted octanol–water partition coefficient (Wildman–Crippen LogP) is 0.213. The fourth-order valence-electron chi connectivity index (χ4n) is 0.822. The van der Waals surface area contributed by atoms with Gasteiger partial charge < -0.3 is 14.6 Å². The number of hydrogen-bond acceptors (Lipinski definition) is 6. The van der Waals surface area contributed by atoms with E-state index in [0.29, 0.717) is 4.90 Å². The van der Waals surface area contributed by atoms with Gasteiger partial charge in [0.15, 0.2) is 0 Å². The standard InChI is InChI=1S/C10H15NO7/c1-6(2)9(15)17-5-18-10(16)11(7(3)12)4-8(13)14/h6H,4-5H2,1-3H3,(H,13,14). The maximum Gasteiger partial charge on any atom is 0.419 e. The molecule has 0 aliphatic heterocycles. The molecule has 0 unspecified atom stereocenters. The highest BCUT2D eigenvalue weighted by Gasteiger charge is 2.22. The number of carboxylic acids is 1. The molecule has 0 saturated carbocycles. The number of nitrogens with zero attached hydrogens (tertiary/aromatic N) is 1. The van der Waals surface area contributed by atoms with Crippen molar-refractivity contribution in [3.8, 4) is 0 Å². The second-order valence-corrected chi connectivity index (χ2v) is 3.65. The average Bonchev–Trinajstić information content (AvgIpc) is 2.24. The Morgan fingerprint density at radius 3 is 2.11 bits per heavy atom. The maximum absolute atomic E-state index is 11.3. The molecule has 1 N–H and O–H groups in total. The van der Waals surface area contributed by atoms with E-state index >= 15 is 0 Å². The zero-order chi connectivity index (χ0) is 14.3. The van der Waals surface area contributed by atoms with E-state index in [1.807, 2.05) is 0 Å². The van der Waals surface area contributed by atoms with Crippen LogP contribution in [0.4, 0.5) is 4.79 Å². The van der Waals surface area contributed by atoms with Crippen LogP contribution in [0.5, 0.6) is 0 Å². The van der Waals surface area contributed by atoms with Crippen LogP contribution in [0.15, 0.2) is 0 Å². The van der Waals surface area contributed by atoms with Crippen LogP contribution in [-0.4, -0.2) is 47.3 Å². The highest BCUT2D eigenvalue weighted by molar-refractivity contribution is 5.93. The number of rotatable bonds is 5. The van der Waals surface area contributed by atoms with Crippen molar-refractivity contribution in [1.82, 2.24) is 4.90 Å². The summed E-state index contributed by atoms with van der Waals surface area (Å²) < 4.78 is 8.99. The Labute approximate surface area is 103 Å². The first-order chi connectivity index (χ1) is 8.25. The van der Waals surface area contributed by atoms with Crippen molar-refractivity contribution in [3.63, 3.8) is 0 Å². The van der Waals surface area contributed by atoms with E-state index in [4.69, 9.17) is 5.11 Å². The third-order valence-corrected chi connectivity index (χ3v) is 1.75. The molecule has 0 heterocycles. The molecule has 0 saturated heterocycles. The van der Waals surface area contributed by atoms with Crippen LogP contribution in [0, 0.1) is 5.92 Å². The van der Waals surface area contributed by atoms with Gasteiger partial charge in [-0.25, -0.2) is 9.69 Å². The molecule has 102 valence electrons. The number of aliphatic carboxylic acids is 1. The van der Waals surface area contributed by atoms with Gasteiger partial charge in [0, 0.05) is 6.92 Å². The molecule has 0 aromatic carbocycles. The summed E-state index contributed by atoms with van der Waals surface area (Å²) in [5.41, 5.74) is 0. The Kier molecular flexibility index (Phi) is 6.40. The normalized spacial score (nSPS) is 9.78. The number of amides is 2. The zero-order valence-electron chi connectivity index (χ0n) is 10.3. The van der Waals surface area contributed by atoms with Crippen molar-refractivity contribution in [3.05, 3.63) is 0 Å². The molecule has 0 aromatic heterocycles. The summed E-state index contributed by atoms with van der Waals surface area (Å²) >= 11 is 0. The van der Waals surface area contributed by atoms with Gasteiger partial charge in [-0.1, -0.05) is 13.8 Å². The Balaban J connectivity index is 4.24. The molecule has 8 nitrogen and oxygen atoms in total. The van der Waals surface area contributed by atoms with Crippen molar-refractivity contribution in [1.29, 1.82) is 0 Å². The van der Waals surface area contributed by atoms with Gasteiger partial charge >= 0.3 is 18.0 Å². The fraction of sp³-hybridized carbons (Fsp3) is 0.600. The fourth-order valence-corrected chi connectivity index (χ4v) is 0.822. The molecule has 2 amide bonds. The Morgan fingerprint density at radius 1 is 1.17 bits per heavy atom. The summed E-state index contributed by atoms with van der Waals surface area (Å²) in [6.45, 7) is 2.72. The van der Waals surface area contributed by atoms with Gasteiger partial charge in [-0.2, -0.15) is 0 Å². The summed E-state index contributed by atoms with van der Waals surface area (Å²) in [6.07, 6.45) is -1.18. The molecule has 0 aromatic rings. The van der Waals surface area contributed by atoms with E-state index in [1.165, 1.54) is 0 Å². The van der Waals surface area contributed by atoms with E-state index < -0.39 is 37.3 Å². The molecule has 0 radical (unpaired) electrons. The Bertz CT molecular complexity index is 350. The molecular formula is C10H15NO7. The van der Waals surface area contributed by atoms with Crippen LogP contribution in [0.2, 0.25) is 0 Å². The third kappa shape index (κ3) is 5.83. The summed E-state index contributed by atoms with van der Waals surface area (Å²) in [5.74, 6) is -3.10. The SMILES string of the molecule is CC(=O)N(CC(=O)O)C(=O)OCOC(=O)C(C)C. The lowest BCUT2D eigenvalue weighted by atomic mass is 10.2. The molecule has 0 aliphatic carbocycles. The summed E-state index contributed by atoms with van der Waals surface area (Å²) in [6, 6.07) is 0. The monoisotopic (exact) mass is 261 g/mol. The van der Waals surface area contributed by atoms with Crippen molar-refractivity contribution in [2.24, 2.45) is 5.92 Å². The lowest BCUT2D eigenvalue weighted by Crippen LogP contribution is -2.40. The number of carboxylic acid groups (broad SMARTS) is 1. The zero-order valence-corrected chi connectivity index (χ0v) is 10.3. The number of esters is 1. The number of hydrogen-bond donors (Lipinski definition) is 1. The minimum absolute atomic E-state index is 0.380. The first-order valence-electron chi connectivity index (χ1n) is 5.09. The van der Waals surface area contributed by atoms with E-state index in [-0.39, 0.29) is 5.92 Å². The number of ether oxygens (including phenoxy) is 2. The van der Waals surface area contributed by atoms with Crippen LogP contribution >= 0.6 is 0 Å². The lowest BCUT2D eigenvalue weighted by molar-refractivity contribution is -0.157.